The first kappa shape index (κ1) is 15.0. The van der Waals surface area contributed by atoms with Crippen LogP contribution in [0.3, 0.4) is 0 Å². The van der Waals surface area contributed by atoms with Crippen LogP contribution in [0.4, 0.5) is 0 Å². The van der Waals surface area contributed by atoms with Gasteiger partial charge in [0.15, 0.2) is 0 Å². The molecule has 1 aliphatic rings. The van der Waals surface area contributed by atoms with E-state index in [1.165, 1.54) is 6.42 Å². The van der Waals surface area contributed by atoms with Gasteiger partial charge >= 0.3 is 7.69 Å². The van der Waals surface area contributed by atoms with Crippen molar-refractivity contribution in [3.8, 4) is 0 Å². The molecule has 2 nitrogen and oxygen atoms in total. The zero-order chi connectivity index (χ0) is 13.3. The van der Waals surface area contributed by atoms with Crippen molar-refractivity contribution in [2.24, 2.45) is 22.7 Å². The number of rotatable bonds is 2. The summed E-state index contributed by atoms with van der Waals surface area (Å²) in [4.78, 5) is 0. The maximum Gasteiger partial charge on any atom is 0.485 e. The summed E-state index contributed by atoms with van der Waals surface area (Å²) in [5.41, 5.74) is 0.641. The molecule has 0 amide bonds. The van der Waals surface area contributed by atoms with Gasteiger partial charge in [-0.15, -0.1) is 0 Å². The highest BCUT2D eigenvalue weighted by atomic mass is 16.5. The van der Waals surface area contributed by atoms with Gasteiger partial charge in [0, 0.05) is 6.10 Å². The third-order valence-corrected chi connectivity index (χ3v) is 4.37. The molecule has 1 N–H and O–H groups in total. The molecule has 0 heterocycles. The van der Waals surface area contributed by atoms with Crippen LogP contribution in [-0.4, -0.2) is 18.8 Å². The fourth-order valence-electron chi connectivity index (χ4n) is 2.88. The molecule has 1 aliphatic carbocycles. The van der Waals surface area contributed by atoms with Crippen LogP contribution in [0.25, 0.3) is 0 Å². The normalized spacial score (nSPS) is 31.4. The van der Waals surface area contributed by atoms with Crippen molar-refractivity contribution < 1.29 is 9.68 Å². The van der Waals surface area contributed by atoms with Gasteiger partial charge in [0.2, 0.25) is 0 Å². The lowest BCUT2D eigenvalue weighted by atomic mass is 9.62. The monoisotopic (exact) mass is 239 g/mol. The van der Waals surface area contributed by atoms with E-state index in [0.717, 1.165) is 20.5 Å². The smallest absolute Gasteiger partial charge is 0.429 e. The van der Waals surface area contributed by atoms with Crippen molar-refractivity contribution in [3.63, 3.8) is 0 Å². The Morgan fingerprint density at radius 1 is 0.882 bits per heavy atom. The summed E-state index contributed by atoms with van der Waals surface area (Å²) < 4.78 is 5.36. The summed E-state index contributed by atoms with van der Waals surface area (Å²) in [6.07, 6.45) is 3.58. The molecule has 0 aliphatic heterocycles. The molecule has 2 atom stereocenters. The van der Waals surface area contributed by atoms with Gasteiger partial charge in [-0.3, -0.25) is 0 Å². The summed E-state index contributed by atoms with van der Waals surface area (Å²) in [5, 5.41) is 8.85. The molecule has 0 spiro atoms. The second-order valence-corrected chi connectivity index (χ2v) is 7.70. The van der Waals surface area contributed by atoms with E-state index in [1.807, 2.05) is 0 Å². The van der Waals surface area contributed by atoms with E-state index in [4.69, 9.17) is 9.68 Å². The third-order valence-electron chi connectivity index (χ3n) is 4.37. The first-order valence-electron chi connectivity index (χ1n) is 6.76. The zero-order valence-electron chi connectivity index (χ0n) is 12.3. The highest BCUT2D eigenvalue weighted by Crippen LogP contribution is 2.46. The summed E-state index contributed by atoms with van der Waals surface area (Å²) in [5.74, 6) is 1.34. The Kier molecular flexibility index (Phi) is 4.70. The summed E-state index contributed by atoms with van der Waals surface area (Å²) in [6, 6.07) is 0. The predicted molar refractivity (Wildman–Crippen MR) is 72.6 cm³/mol. The molecule has 0 bridgehead atoms. The van der Waals surface area contributed by atoms with Gasteiger partial charge in [0.05, 0.1) is 0 Å². The van der Waals surface area contributed by atoms with Gasteiger partial charge in [-0.05, 0) is 41.9 Å². The quantitative estimate of drug-likeness (QED) is 0.748. The lowest BCUT2D eigenvalue weighted by Gasteiger charge is -2.45. The predicted octanol–water partition coefficient (Wildman–Crippen LogP) is 3.41. The summed E-state index contributed by atoms with van der Waals surface area (Å²) in [6.45, 7) is 13.8. The van der Waals surface area contributed by atoms with Crippen LogP contribution in [0.5, 0.6) is 0 Å². The second kappa shape index (κ2) is 5.32. The average Bonchev–Trinajstić information content (AvgIpc) is 2.15. The van der Waals surface area contributed by atoms with Crippen LogP contribution in [0.15, 0.2) is 0 Å². The molecule has 0 aromatic rings. The van der Waals surface area contributed by atoms with Gasteiger partial charge in [-0.2, -0.15) is 0 Å². The minimum absolute atomic E-state index is 0.183. The average molecular weight is 239 g/mol. The van der Waals surface area contributed by atoms with Gasteiger partial charge in [0.1, 0.15) is 0 Å². The maximum atomic E-state index is 8.85. The number of hydrogen-bond donors (Lipinski definition) is 1. The van der Waals surface area contributed by atoms with Crippen molar-refractivity contribution in [1.29, 1.82) is 0 Å². The lowest BCUT2D eigenvalue weighted by Crippen LogP contribution is -2.39. The van der Waals surface area contributed by atoms with Crippen molar-refractivity contribution >= 4 is 7.69 Å². The van der Waals surface area contributed by atoms with Crippen molar-refractivity contribution in [2.75, 3.05) is 0 Å². The minimum atomic E-state index is 0.183. The Balaban J connectivity index is 2.76. The van der Waals surface area contributed by atoms with E-state index < -0.39 is 0 Å². The van der Waals surface area contributed by atoms with Crippen molar-refractivity contribution in [2.45, 2.75) is 66.9 Å². The molecule has 1 saturated carbocycles. The van der Waals surface area contributed by atoms with Crippen molar-refractivity contribution in [3.05, 3.63) is 0 Å². The third kappa shape index (κ3) is 4.29. The first-order valence-corrected chi connectivity index (χ1v) is 6.76. The van der Waals surface area contributed by atoms with Gasteiger partial charge < -0.3 is 9.68 Å². The molecule has 1 fully saturated rings. The van der Waals surface area contributed by atoms with Crippen LogP contribution in [-0.2, 0) is 4.65 Å². The van der Waals surface area contributed by atoms with Crippen molar-refractivity contribution in [1.82, 2.24) is 0 Å². The Hall–Kier alpha value is -0.0151. The molecular weight excluding hydrogens is 211 g/mol. The van der Waals surface area contributed by atoms with Crippen LogP contribution in [0.1, 0.15) is 60.8 Å². The van der Waals surface area contributed by atoms with E-state index in [9.17, 15) is 0 Å². The minimum Gasteiger partial charge on any atom is -0.429 e. The molecule has 1 rings (SSSR count). The van der Waals surface area contributed by atoms with E-state index in [0.29, 0.717) is 22.7 Å². The largest absolute Gasteiger partial charge is 0.485 e. The first-order chi connectivity index (χ1) is 7.64. The van der Waals surface area contributed by atoms with Crippen LogP contribution < -0.4 is 0 Å². The Morgan fingerprint density at radius 3 is 1.59 bits per heavy atom. The van der Waals surface area contributed by atoms with Gasteiger partial charge in [0.25, 0.3) is 0 Å². The highest BCUT2D eigenvalue weighted by molar-refractivity contribution is 6.15. The van der Waals surface area contributed by atoms with Crippen LogP contribution in [0.2, 0.25) is 0 Å². The standard InChI is InChI=1S/C14H28BO2/c1-13(2,3)10-7-11(14(4,5)6)9-12(8-10)17-15-16/h10-12,16H,7-9H2,1-6H3. The lowest BCUT2D eigenvalue weighted by molar-refractivity contribution is 0.00424. The molecule has 0 saturated heterocycles. The summed E-state index contributed by atoms with van der Waals surface area (Å²) >= 11 is 0. The maximum absolute atomic E-state index is 8.85. The van der Waals surface area contributed by atoms with Crippen LogP contribution in [0, 0.1) is 22.7 Å². The molecule has 3 heteroatoms. The van der Waals surface area contributed by atoms with E-state index in [2.05, 4.69) is 41.5 Å². The van der Waals surface area contributed by atoms with E-state index >= 15 is 0 Å². The number of hydrogen-bond acceptors (Lipinski definition) is 2. The fraction of sp³-hybridized carbons (Fsp3) is 1.00. The molecule has 99 valence electrons. The fourth-order valence-corrected chi connectivity index (χ4v) is 2.88. The molecule has 0 aromatic carbocycles. The van der Waals surface area contributed by atoms with E-state index in [1.54, 1.807) is 0 Å². The highest BCUT2D eigenvalue weighted by Gasteiger charge is 2.39. The summed E-state index contributed by atoms with van der Waals surface area (Å²) in [7, 11) is 0.870. The Morgan fingerprint density at radius 2 is 1.29 bits per heavy atom. The molecule has 1 radical (unpaired) electrons. The molecular formula is C14H28BO2. The second-order valence-electron chi connectivity index (χ2n) is 7.70. The molecule has 0 aromatic heterocycles. The topological polar surface area (TPSA) is 29.5 Å². The Labute approximate surface area is 107 Å². The molecule has 17 heavy (non-hydrogen) atoms. The molecule has 2 unspecified atom stereocenters. The zero-order valence-corrected chi connectivity index (χ0v) is 12.3. The van der Waals surface area contributed by atoms with Gasteiger partial charge in [-0.25, -0.2) is 0 Å². The van der Waals surface area contributed by atoms with Crippen LogP contribution >= 0.6 is 0 Å². The SMILES string of the molecule is CC(C)(C)C1CC(O[B]O)CC(C(C)(C)C)C1. The van der Waals surface area contributed by atoms with Gasteiger partial charge in [-0.1, -0.05) is 41.5 Å². The Bertz CT molecular complexity index is 218. The van der Waals surface area contributed by atoms with E-state index in [-0.39, 0.29) is 6.10 Å².